The van der Waals surface area contributed by atoms with E-state index >= 15 is 0 Å². The van der Waals surface area contributed by atoms with Gasteiger partial charge in [0.05, 0.1) is 6.61 Å². The van der Waals surface area contributed by atoms with Crippen molar-refractivity contribution in [3.8, 4) is 11.8 Å². The molecule has 0 aliphatic heterocycles. The fourth-order valence-electron chi connectivity index (χ4n) is 1.54. The summed E-state index contributed by atoms with van der Waals surface area (Å²) in [5.74, 6) is 5.48. The molecule has 18 heavy (non-hydrogen) atoms. The van der Waals surface area contributed by atoms with Gasteiger partial charge in [-0.15, -0.1) is 0 Å². The second kappa shape index (κ2) is 13.6. The number of hydrogen-bond acceptors (Lipinski definition) is 2. The molecule has 0 aromatic heterocycles. The van der Waals surface area contributed by atoms with Crippen molar-refractivity contribution in [1.29, 1.82) is 0 Å². The van der Waals surface area contributed by atoms with Crippen LogP contribution in [0.3, 0.4) is 0 Å². The Bertz CT molecular complexity index is 305. The third kappa shape index (κ3) is 14.5. The van der Waals surface area contributed by atoms with Crippen molar-refractivity contribution in [3.05, 3.63) is 24.8 Å². The fraction of sp³-hybridized carbons (Fsp3) is 0.562. The van der Waals surface area contributed by atoms with E-state index in [1.807, 2.05) is 6.08 Å². The average molecular weight is 248 g/mol. The summed E-state index contributed by atoms with van der Waals surface area (Å²) >= 11 is 0. The first-order chi connectivity index (χ1) is 8.77. The monoisotopic (exact) mass is 248 g/mol. The number of hydrogen-bond donors (Lipinski definition) is 0. The summed E-state index contributed by atoms with van der Waals surface area (Å²) in [7, 11) is 0. The first-order valence-corrected chi connectivity index (χ1v) is 6.67. The lowest BCUT2D eigenvalue weighted by Crippen LogP contribution is -1.99. The number of rotatable bonds is 9. The Labute approximate surface area is 111 Å². The molecule has 0 saturated heterocycles. The molecular weight excluding hydrogens is 224 g/mol. The van der Waals surface area contributed by atoms with E-state index in [0.717, 1.165) is 19.3 Å². The number of esters is 1. The maximum Gasteiger partial charge on any atom is 0.302 e. The van der Waals surface area contributed by atoms with E-state index in [0.29, 0.717) is 6.61 Å². The second-order valence-electron chi connectivity index (χ2n) is 4.15. The van der Waals surface area contributed by atoms with Crippen LogP contribution in [0.5, 0.6) is 0 Å². The lowest BCUT2D eigenvalue weighted by molar-refractivity contribution is -0.141. The first-order valence-electron chi connectivity index (χ1n) is 6.67. The van der Waals surface area contributed by atoms with E-state index in [1.165, 1.54) is 32.6 Å². The Morgan fingerprint density at radius 3 is 2.44 bits per heavy atom. The van der Waals surface area contributed by atoms with Gasteiger partial charge in [0.25, 0.3) is 0 Å². The summed E-state index contributed by atoms with van der Waals surface area (Å²) in [4.78, 5) is 10.5. The Kier molecular flexibility index (Phi) is 12.5. The maximum atomic E-state index is 10.5. The highest BCUT2D eigenvalue weighted by atomic mass is 16.5. The van der Waals surface area contributed by atoms with Gasteiger partial charge in [-0.1, -0.05) is 50.2 Å². The van der Waals surface area contributed by atoms with Crippen molar-refractivity contribution in [2.75, 3.05) is 6.61 Å². The predicted octanol–water partition coefficient (Wildman–Crippen LogP) is 4.03. The molecule has 0 amide bonds. The highest BCUT2D eigenvalue weighted by Crippen LogP contribution is 2.07. The molecule has 0 atom stereocenters. The molecule has 0 spiro atoms. The summed E-state index contributed by atoms with van der Waals surface area (Å²) in [6, 6.07) is 0. The summed E-state index contributed by atoms with van der Waals surface area (Å²) in [5, 5.41) is 0. The molecule has 0 aliphatic carbocycles. The summed E-state index contributed by atoms with van der Waals surface area (Å²) in [6.07, 6.45) is 13.8. The minimum absolute atomic E-state index is 0.179. The van der Waals surface area contributed by atoms with Crippen LogP contribution in [0.25, 0.3) is 0 Å². The van der Waals surface area contributed by atoms with E-state index < -0.39 is 0 Å². The van der Waals surface area contributed by atoms with Crippen molar-refractivity contribution in [2.45, 2.75) is 51.9 Å². The van der Waals surface area contributed by atoms with Crippen molar-refractivity contribution >= 4 is 5.97 Å². The van der Waals surface area contributed by atoms with E-state index in [2.05, 4.69) is 24.5 Å². The van der Waals surface area contributed by atoms with Gasteiger partial charge in [-0.2, -0.15) is 0 Å². The van der Waals surface area contributed by atoms with Crippen molar-refractivity contribution in [2.24, 2.45) is 0 Å². The number of carbonyl (C=O) groups excluding carboxylic acids is 1. The van der Waals surface area contributed by atoms with Gasteiger partial charge in [0.1, 0.15) is 0 Å². The van der Waals surface area contributed by atoms with Gasteiger partial charge in [0.2, 0.25) is 0 Å². The normalized spacial score (nSPS) is 9.83. The molecule has 0 radical (unpaired) electrons. The zero-order valence-electron chi connectivity index (χ0n) is 11.4. The van der Waals surface area contributed by atoms with Crippen LogP contribution in [-0.2, 0) is 9.53 Å². The zero-order chi connectivity index (χ0) is 13.5. The van der Waals surface area contributed by atoms with Crippen molar-refractivity contribution < 1.29 is 9.53 Å². The summed E-state index contributed by atoms with van der Waals surface area (Å²) < 4.78 is 4.87. The lowest BCUT2D eigenvalue weighted by atomic mass is 10.1. The smallest absolute Gasteiger partial charge is 0.302 e. The molecule has 0 aromatic rings. The maximum absolute atomic E-state index is 10.5. The van der Waals surface area contributed by atoms with Gasteiger partial charge in [-0.25, -0.2) is 0 Å². The third-order valence-electron chi connectivity index (χ3n) is 2.46. The number of unbranched alkanes of at least 4 members (excludes halogenated alkanes) is 6. The Morgan fingerprint density at radius 2 is 1.78 bits per heavy atom. The molecule has 0 heterocycles. The zero-order valence-corrected chi connectivity index (χ0v) is 11.4. The molecule has 100 valence electrons. The minimum Gasteiger partial charge on any atom is -0.466 e. The van der Waals surface area contributed by atoms with Crippen LogP contribution >= 0.6 is 0 Å². The topological polar surface area (TPSA) is 26.3 Å². The standard InChI is InChI=1S/C16H24O2/c1-3-4-5-6-7-8-9-10-11-12-13-14-15-18-16(2)17/h3,6-7H,1,8-15H2,2H3/b7-6-. The fourth-order valence-corrected chi connectivity index (χ4v) is 1.54. The molecule has 0 fully saturated rings. The summed E-state index contributed by atoms with van der Waals surface area (Å²) in [6.45, 7) is 5.54. The van der Waals surface area contributed by atoms with E-state index in [9.17, 15) is 4.79 Å². The van der Waals surface area contributed by atoms with Crippen LogP contribution < -0.4 is 0 Å². The SMILES string of the molecule is C=CC#C/C=C\CCCCCCCCOC(C)=O. The lowest BCUT2D eigenvalue weighted by Gasteiger charge is -2.01. The van der Waals surface area contributed by atoms with Gasteiger partial charge in [0.15, 0.2) is 0 Å². The minimum atomic E-state index is -0.179. The molecule has 0 bridgehead atoms. The number of allylic oxidation sites excluding steroid dienone is 3. The molecule has 0 unspecified atom stereocenters. The second-order valence-corrected chi connectivity index (χ2v) is 4.15. The summed E-state index contributed by atoms with van der Waals surface area (Å²) in [5.41, 5.74) is 0. The Hall–Kier alpha value is -1.49. The van der Waals surface area contributed by atoms with Gasteiger partial charge in [-0.3, -0.25) is 4.79 Å². The molecule has 0 rings (SSSR count). The average Bonchev–Trinajstić information content (AvgIpc) is 2.34. The molecular formula is C16H24O2. The number of ether oxygens (including phenoxy) is 1. The van der Waals surface area contributed by atoms with Crippen LogP contribution in [0.4, 0.5) is 0 Å². The third-order valence-corrected chi connectivity index (χ3v) is 2.46. The van der Waals surface area contributed by atoms with Gasteiger partial charge in [-0.05, 0) is 31.4 Å². The van der Waals surface area contributed by atoms with E-state index in [1.54, 1.807) is 6.08 Å². The van der Waals surface area contributed by atoms with Crippen LogP contribution in [0.2, 0.25) is 0 Å². The molecule has 2 heteroatoms. The van der Waals surface area contributed by atoms with E-state index in [-0.39, 0.29) is 5.97 Å². The van der Waals surface area contributed by atoms with Crippen LogP contribution in [0.15, 0.2) is 24.8 Å². The van der Waals surface area contributed by atoms with Gasteiger partial charge >= 0.3 is 5.97 Å². The molecule has 0 aromatic carbocycles. The quantitative estimate of drug-likeness (QED) is 0.350. The van der Waals surface area contributed by atoms with Crippen LogP contribution in [0.1, 0.15) is 51.9 Å². The largest absolute Gasteiger partial charge is 0.466 e. The van der Waals surface area contributed by atoms with Gasteiger partial charge < -0.3 is 4.74 Å². The van der Waals surface area contributed by atoms with E-state index in [4.69, 9.17) is 4.74 Å². The first kappa shape index (κ1) is 16.5. The number of carbonyl (C=O) groups is 1. The highest BCUT2D eigenvalue weighted by Gasteiger charge is 1.93. The predicted molar refractivity (Wildman–Crippen MR) is 76.1 cm³/mol. The Morgan fingerprint density at radius 1 is 1.11 bits per heavy atom. The molecule has 0 N–H and O–H groups in total. The van der Waals surface area contributed by atoms with Crippen LogP contribution in [-0.4, -0.2) is 12.6 Å². The highest BCUT2D eigenvalue weighted by molar-refractivity contribution is 5.65. The molecule has 0 aliphatic rings. The molecule has 2 nitrogen and oxygen atoms in total. The Balaban J connectivity index is 3.14. The van der Waals surface area contributed by atoms with Crippen molar-refractivity contribution in [1.82, 2.24) is 0 Å². The van der Waals surface area contributed by atoms with Crippen molar-refractivity contribution in [3.63, 3.8) is 0 Å². The van der Waals surface area contributed by atoms with Crippen LogP contribution in [0, 0.1) is 11.8 Å². The molecule has 0 saturated carbocycles. The van der Waals surface area contributed by atoms with Gasteiger partial charge in [0, 0.05) is 6.92 Å².